The molecular weight excluding hydrogens is 448 g/mol. The SMILES string of the molecule is CCc1ccc(CCNC(=O)C2(Cc3ccccc3)CCN(C(=O)COc3ccccc3)CC2)cc1. The molecule has 1 aliphatic heterocycles. The van der Waals surface area contributed by atoms with Crippen molar-refractivity contribution >= 4 is 11.8 Å². The van der Waals surface area contributed by atoms with Crippen LogP contribution in [0.25, 0.3) is 0 Å². The predicted molar refractivity (Wildman–Crippen MR) is 143 cm³/mol. The maximum atomic E-state index is 13.6. The second-order valence-electron chi connectivity index (χ2n) is 9.60. The number of piperidine rings is 1. The number of carbonyl (C=O) groups is 2. The van der Waals surface area contributed by atoms with Gasteiger partial charge in [-0.2, -0.15) is 0 Å². The molecule has 36 heavy (non-hydrogen) atoms. The van der Waals surface area contributed by atoms with E-state index in [2.05, 4.69) is 48.6 Å². The quantitative estimate of drug-likeness (QED) is 0.448. The lowest BCUT2D eigenvalue weighted by atomic mass is 9.73. The number of amides is 2. The Morgan fingerprint density at radius 2 is 1.44 bits per heavy atom. The highest BCUT2D eigenvalue weighted by Crippen LogP contribution is 2.36. The number of likely N-dealkylation sites (tertiary alicyclic amines) is 1. The van der Waals surface area contributed by atoms with Gasteiger partial charge in [-0.25, -0.2) is 0 Å². The number of ether oxygens (including phenoxy) is 1. The number of aryl methyl sites for hydroxylation is 1. The second-order valence-corrected chi connectivity index (χ2v) is 9.60. The minimum Gasteiger partial charge on any atom is -0.484 e. The number of para-hydroxylation sites is 1. The Morgan fingerprint density at radius 1 is 0.833 bits per heavy atom. The smallest absolute Gasteiger partial charge is 0.260 e. The molecule has 3 aromatic rings. The van der Waals surface area contributed by atoms with Crippen molar-refractivity contribution in [2.45, 2.75) is 39.0 Å². The van der Waals surface area contributed by atoms with E-state index in [4.69, 9.17) is 4.74 Å². The maximum Gasteiger partial charge on any atom is 0.260 e. The van der Waals surface area contributed by atoms with E-state index in [1.807, 2.05) is 53.4 Å². The Hall–Kier alpha value is -3.60. The number of benzene rings is 3. The molecule has 1 heterocycles. The van der Waals surface area contributed by atoms with Crippen LogP contribution in [0.15, 0.2) is 84.9 Å². The summed E-state index contributed by atoms with van der Waals surface area (Å²) in [6.07, 6.45) is 3.77. The molecule has 1 fully saturated rings. The Labute approximate surface area is 214 Å². The van der Waals surface area contributed by atoms with E-state index in [0.717, 1.165) is 18.4 Å². The zero-order valence-corrected chi connectivity index (χ0v) is 21.1. The molecule has 1 N–H and O–H groups in total. The van der Waals surface area contributed by atoms with Crippen molar-refractivity contribution < 1.29 is 14.3 Å². The van der Waals surface area contributed by atoms with Crippen molar-refractivity contribution in [2.24, 2.45) is 5.41 Å². The molecule has 4 rings (SSSR count). The van der Waals surface area contributed by atoms with Crippen LogP contribution >= 0.6 is 0 Å². The van der Waals surface area contributed by atoms with Crippen LogP contribution in [-0.4, -0.2) is 43.0 Å². The molecule has 0 radical (unpaired) electrons. The molecular formula is C31H36N2O3. The van der Waals surface area contributed by atoms with Gasteiger partial charge in [-0.05, 0) is 60.9 Å². The maximum absolute atomic E-state index is 13.6. The van der Waals surface area contributed by atoms with Gasteiger partial charge in [0.15, 0.2) is 6.61 Å². The normalized spacial score (nSPS) is 14.8. The van der Waals surface area contributed by atoms with E-state index in [1.165, 1.54) is 11.1 Å². The summed E-state index contributed by atoms with van der Waals surface area (Å²) in [5.74, 6) is 0.734. The molecule has 0 aromatic heterocycles. The first-order valence-corrected chi connectivity index (χ1v) is 12.9. The van der Waals surface area contributed by atoms with Crippen LogP contribution in [0.2, 0.25) is 0 Å². The number of nitrogens with zero attached hydrogens (tertiary/aromatic N) is 1. The zero-order valence-electron chi connectivity index (χ0n) is 21.1. The third-order valence-corrected chi connectivity index (χ3v) is 7.18. The lowest BCUT2D eigenvalue weighted by Crippen LogP contribution is -2.52. The number of nitrogens with one attached hydrogen (secondary N) is 1. The van der Waals surface area contributed by atoms with Crippen LogP contribution < -0.4 is 10.1 Å². The number of rotatable bonds is 10. The highest BCUT2D eigenvalue weighted by Gasteiger charge is 2.42. The standard InChI is InChI=1S/C31H36N2O3/c1-2-25-13-15-26(16-14-25)17-20-32-30(35)31(23-27-9-5-3-6-10-27)18-21-33(22-19-31)29(34)24-36-28-11-7-4-8-12-28/h3-16H,2,17-24H2,1H3,(H,32,35). The number of carbonyl (C=O) groups excluding carboxylic acids is 2. The third kappa shape index (κ3) is 6.75. The van der Waals surface area contributed by atoms with E-state index in [0.29, 0.717) is 44.6 Å². The van der Waals surface area contributed by atoms with Gasteiger partial charge >= 0.3 is 0 Å². The summed E-state index contributed by atoms with van der Waals surface area (Å²) >= 11 is 0. The fourth-order valence-electron chi connectivity index (χ4n) is 4.86. The minimum atomic E-state index is -0.523. The molecule has 0 atom stereocenters. The van der Waals surface area contributed by atoms with E-state index in [1.54, 1.807) is 0 Å². The van der Waals surface area contributed by atoms with Crippen molar-refractivity contribution in [3.05, 3.63) is 102 Å². The molecule has 0 aliphatic carbocycles. The first-order chi connectivity index (χ1) is 17.6. The Morgan fingerprint density at radius 3 is 2.08 bits per heavy atom. The molecule has 5 nitrogen and oxygen atoms in total. The third-order valence-electron chi connectivity index (χ3n) is 7.18. The molecule has 1 saturated heterocycles. The highest BCUT2D eigenvalue weighted by atomic mass is 16.5. The topological polar surface area (TPSA) is 58.6 Å². The monoisotopic (exact) mass is 484 g/mol. The molecule has 0 spiro atoms. The van der Waals surface area contributed by atoms with Crippen LogP contribution in [0.4, 0.5) is 0 Å². The Balaban J connectivity index is 1.36. The van der Waals surface area contributed by atoms with Gasteiger partial charge < -0.3 is 15.0 Å². The van der Waals surface area contributed by atoms with Crippen LogP contribution in [0.1, 0.15) is 36.5 Å². The van der Waals surface area contributed by atoms with Crippen LogP contribution in [0, 0.1) is 5.41 Å². The summed E-state index contributed by atoms with van der Waals surface area (Å²) < 4.78 is 5.66. The first-order valence-electron chi connectivity index (χ1n) is 12.9. The van der Waals surface area contributed by atoms with Crippen LogP contribution in [0.5, 0.6) is 5.75 Å². The average Bonchev–Trinajstić information content (AvgIpc) is 2.93. The predicted octanol–water partition coefficient (Wildman–Crippen LogP) is 4.84. The van der Waals surface area contributed by atoms with Crippen molar-refractivity contribution in [2.75, 3.05) is 26.2 Å². The van der Waals surface area contributed by atoms with Gasteiger partial charge in [0.25, 0.3) is 5.91 Å². The largest absolute Gasteiger partial charge is 0.484 e. The fraction of sp³-hybridized carbons (Fsp3) is 0.355. The number of hydrogen-bond donors (Lipinski definition) is 1. The lowest BCUT2D eigenvalue weighted by Gasteiger charge is -2.41. The molecule has 2 amide bonds. The summed E-state index contributed by atoms with van der Waals surface area (Å²) in [6.45, 7) is 3.87. The van der Waals surface area contributed by atoms with Gasteiger partial charge in [-0.3, -0.25) is 9.59 Å². The summed E-state index contributed by atoms with van der Waals surface area (Å²) in [5.41, 5.74) is 3.17. The zero-order chi connectivity index (χ0) is 25.2. The summed E-state index contributed by atoms with van der Waals surface area (Å²) in [5, 5.41) is 3.21. The van der Waals surface area contributed by atoms with Crippen molar-refractivity contribution in [3.8, 4) is 5.75 Å². The molecule has 5 heteroatoms. The van der Waals surface area contributed by atoms with E-state index >= 15 is 0 Å². The van der Waals surface area contributed by atoms with Gasteiger partial charge in [0.05, 0.1) is 5.41 Å². The Kier molecular flexibility index (Phi) is 8.77. The van der Waals surface area contributed by atoms with E-state index in [-0.39, 0.29) is 18.4 Å². The van der Waals surface area contributed by atoms with E-state index in [9.17, 15) is 9.59 Å². The highest BCUT2D eigenvalue weighted by molar-refractivity contribution is 5.84. The van der Waals surface area contributed by atoms with Gasteiger partial charge in [0.1, 0.15) is 5.75 Å². The molecule has 3 aromatic carbocycles. The van der Waals surface area contributed by atoms with E-state index < -0.39 is 5.41 Å². The lowest BCUT2D eigenvalue weighted by molar-refractivity contribution is -0.141. The molecule has 1 aliphatic rings. The molecule has 0 unspecified atom stereocenters. The fourth-order valence-corrected chi connectivity index (χ4v) is 4.86. The van der Waals surface area contributed by atoms with Crippen LogP contribution in [0.3, 0.4) is 0 Å². The summed E-state index contributed by atoms with van der Waals surface area (Å²) in [7, 11) is 0. The first kappa shape index (κ1) is 25.5. The van der Waals surface area contributed by atoms with Crippen molar-refractivity contribution in [1.82, 2.24) is 10.2 Å². The average molecular weight is 485 g/mol. The van der Waals surface area contributed by atoms with Crippen LogP contribution in [-0.2, 0) is 28.9 Å². The molecule has 0 bridgehead atoms. The second kappa shape index (κ2) is 12.4. The van der Waals surface area contributed by atoms with Gasteiger partial charge in [-0.15, -0.1) is 0 Å². The van der Waals surface area contributed by atoms with Crippen molar-refractivity contribution in [3.63, 3.8) is 0 Å². The molecule has 0 saturated carbocycles. The molecule has 188 valence electrons. The van der Waals surface area contributed by atoms with Gasteiger partial charge in [0, 0.05) is 19.6 Å². The van der Waals surface area contributed by atoms with Gasteiger partial charge in [0.2, 0.25) is 5.91 Å². The Bertz CT molecular complexity index is 1110. The number of hydrogen-bond acceptors (Lipinski definition) is 3. The summed E-state index contributed by atoms with van der Waals surface area (Å²) in [4.78, 5) is 28.2. The minimum absolute atomic E-state index is 0.0126. The van der Waals surface area contributed by atoms with Gasteiger partial charge in [-0.1, -0.05) is 79.7 Å². The summed E-state index contributed by atoms with van der Waals surface area (Å²) in [6, 6.07) is 28.2. The van der Waals surface area contributed by atoms with Crippen molar-refractivity contribution in [1.29, 1.82) is 0 Å².